The van der Waals surface area contributed by atoms with Crippen LogP contribution in [0.25, 0.3) is 10.8 Å². The molecule has 1 aliphatic heterocycles. The van der Waals surface area contributed by atoms with Crippen LogP contribution < -0.4 is 4.31 Å². The van der Waals surface area contributed by atoms with Gasteiger partial charge in [0.2, 0.25) is 0 Å². The monoisotopic (exact) mass is 679 g/mol. The van der Waals surface area contributed by atoms with Gasteiger partial charge in [-0.05, 0) is 53.1 Å². The first-order chi connectivity index (χ1) is 15.8. The topological polar surface area (TPSA) is 54.5 Å². The van der Waals surface area contributed by atoms with Crippen LogP contribution in [0, 0.1) is 6.92 Å². The van der Waals surface area contributed by atoms with Gasteiger partial charge in [0, 0.05) is 0 Å². The minimum Gasteiger partial charge on any atom is -0.272 e. The molecule has 0 saturated heterocycles. The third-order valence-corrected chi connectivity index (χ3v) is 9.72. The van der Waals surface area contributed by atoms with E-state index in [2.05, 4.69) is 45.2 Å². The van der Waals surface area contributed by atoms with Crippen molar-refractivity contribution in [2.24, 2.45) is 0 Å². The van der Waals surface area contributed by atoms with Crippen molar-refractivity contribution < 1.29 is 13.2 Å². The molecule has 0 bridgehead atoms. The Labute approximate surface area is 220 Å². The molecule has 0 radical (unpaired) electrons. The smallest absolute Gasteiger partial charge is 0.270 e. The molecule has 1 heterocycles. The van der Waals surface area contributed by atoms with Crippen molar-refractivity contribution in [3.8, 4) is 0 Å². The van der Waals surface area contributed by atoms with Crippen molar-refractivity contribution in [3.05, 3.63) is 108 Å². The zero-order chi connectivity index (χ0) is 23.4. The van der Waals surface area contributed by atoms with Gasteiger partial charge in [0.1, 0.15) is 5.41 Å². The largest absolute Gasteiger partial charge is 0.272 e. The third kappa shape index (κ3) is 3.42. The van der Waals surface area contributed by atoms with Crippen LogP contribution in [0.5, 0.6) is 0 Å². The maximum absolute atomic E-state index is 14.3. The second-order valence-corrected chi connectivity index (χ2v) is 14.7. The van der Waals surface area contributed by atoms with Crippen LogP contribution >= 0.6 is 45.2 Å². The van der Waals surface area contributed by atoms with E-state index in [1.54, 1.807) is 24.3 Å². The minimum atomic E-state index is -4.12. The van der Waals surface area contributed by atoms with Gasteiger partial charge in [0.25, 0.3) is 15.9 Å². The number of aryl methyl sites for hydroxylation is 1. The van der Waals surface area contributed by atoms with Crippen molar-refractivity contribution in [2.75, 3.05) is 4.31 Å². The summed E-state index contributed by atoms with van der Waals surface area (Å²) in [5.41, 5.74) is 1.72. The van der Waals surface area contributed by atoms with Crippen LogP contribution in [-0.4, -0.2) is 16.3 Å². The first kappa shape index (κ1) is 22.8. The fraction of sp³-hybridized carbons (Fsp3) is 0.115. The van der Waals surface area contributed by atoms with Gasteiger partial charge in [-0.1, -0.05) is 117 Å². The number of anilines is 1. The predicted octanol–water partition coefficient (Wildman–Crippen LogP) is 6.37. The van der Waals surface area contributed by atoms with Crippen molar-refractivity contribution in [1.82, 2.24) is 0 Å². The van der Waals surface area contributed by atoms with Gasteiger partial charge in [0.05, 0.1) is 12.5 Å². The highest BCUT2D eigenvalue weighted by atomic mass is 127. The normalized spacial score (nSPS) is 18.2. The van der Waals surface area contributed by atoms with Gasteiger partial charge < -0.3 is 0 Å². The summed E-state index contributed by atoms with van der Waals surface area (Å²) in [6, 6.07) is 27.7. The quantitative estimate of drug-likeness (QED) is 0.186. The van der Waals surface area contributed by atoms with Gasteiger partial charge in [0.15, 0.2) is 0 Å². The lowest BCUT2D eigenvalue weighted by molar-refractivity contribution is -0.120. The standard InChI is InChI=1S/C26H19I2NO3S/c1-17-11-13-21(14-12-17)33(31,32)29-23-16-19-8-6-5-7-18(19)15-22(23)26(24(27)28,25(29)30)20-9-3-2-4-10-20/h2-16,24H,1H3. The number of nitrogens with zero attached hydrogens (tertiary/aromatic N) is 1. The van der Waals surface area contributed by atoms with Crippen LogP contribution in [0.4, 0.5) is 5.69 Å². The number of alkyl halides is 2. The number of carbonyl (C=O) groups is 1. The highest BCUT2D eigenvalue weighted by Crippen LogP contribution is 2.54. The molecule has 166 valence electrons. The Kier molecular flexibility index (Phi) is 5.77. The molecule has 0 N–H and O–H groups in total. The van der Waals surface area contributed by atoms with Crippen molar-refractivity contribution >= 4 is 77.6 Å². The lowest BCUT2D eigenvalue weighted by atomic mass is 9.77. The Hall–Kier alpha value is -1.98. The zero-order valence-corrected chi connectivity index (χ0v) is 22.7. The molecule has 1 amide bonds. The predicted molar refractivity (Wildman–Crippen MR) is 149 cm³/mol. The van der Waals surface area contributed by atoms with Gasteiger partial charge >= 0.3 is 0 Å². The maximum Gasteiger partial charge on any atom is 0.270 e. The molecule has 1 unspecified atom stereocenters. The number of amides is 1. The van der Waals surface area contributed by atoms with Crippen LogP contribution in [0.1, 0.15) is 16.7 Å². The first-order valence-electron chi connectivity index (χ1n) is 10.3. The summed E-state index contributed by atoms with van der Waals surface area (Å²) in [4.78, 5) is 14.4. The number of carbonyl (C=O) groups excluding carboxylic acids is 1. The van der Waals surface area contributed by atoms with E-state index in [1.165, 1.54) is 0 Å². The molecule has 7 heteroatoms. The van der Waals surface area contributed by atoms with E-state index in [0.717, 1.165) is 26.2 Å². The Morgan fingerprint density at radius 3 is 2.00 bits per heavy atom. The molecular weight excluding hydrogens is 660 g/mol. The Morgan fingerprint density at radius 1 is 0.818 bits per heavy atom. The molecule has 4 nitrogen and oxygen atoms in total. The molecule has 1 aliphatic rings. The summed E-state index contributed by atoms with van der Waals surface area (Å²) in [6.07, 6.45) is 0. The lowest BCUT2D eigenvalue weighted by Gasteiger charge is -2.31. The second kappa shape index (κ2) is 8.35. The Morgan fingerprint density at radius 2 is 1.39 bits per heavy atom. The van der Waals surface area contributed by atoms with E-state index in [4.69, 9.17) is 0 Å². The van der Waals surface area contributed by atoms with Crippen molar-refractivity contribution in [2.45, 2.75) is 19.2 Å². The van der Waals surface area contributed by atoms with E-state index in [9.17, 15) is 13.2 Å². The van der Waals surface area contributed by atoms with E-state index >= 15 is 0 Å². The van der Waals surface area contributed by atoms with Crippen molar-refractivity contribution in [3.63, 3.8) is 0 Å². The number of hydrogen-bond donors (Lipinski definition) is 0. The molecule has 5 rings (SSSR count). The van der Waals surface area contributed by atoms with E-state index in [1.807, 2.05) is 73.7 Å². The number of rotatable bonds is 4. The minimum absolute atomic E-state index is 0.0999. The van der Waals surface area contributed by atoms with Crippen LogP contribution in [-0.2, 0) is 20.2 Å². The molecule has 0 saturated carbocycles. The molecule has 4 aromatic rings. The van der Waals surface area contributed by atoms with E-state index in [0.29, 0.717) is 11.3 Å². The number of halogens is 2. The Balaban J connectivity index is 1.86. The summed E-state index contributed by atoms with van der Waals surface area (Å²) in [5.74, 6) is -0.451. The highest BCUT2D eigenvalue weighted by Gasteiger charge is 2.59. The third-order valence-electron chi connectivity index (χ3n) is 6.15. The number of hydrogen-bond acceptors (Lipinski definition) is 3. The van der Waals surface area contributed by atoms with E-state index in [-0.39, 0.29) is 6.83 Å². The summed E-state index contributed by atoms with van der Waals surface area (Å²) >= 11 is 4.48. The number of benzene rings is 4. The molecule has 0 aliphatic carbocycles. The van der Waals surface area contributed by atoms with Gasteiger partial charge in [-0.25, -0.2) is 12.7 Å². The molecular formula is C26H19I2NO3S. The molecule has 1 atom stereocenters. The van der Waals surface area contributed by atoms with Gasteiger partial charge in [-0.2, -0.15) is 0 Å². The second-order valence-electron chi connectivity index (χ2n) is 8.08. The lowest BCUT2D eigenvalue weighted by Crippen LogP contribution is -2.47. The van der Waals surface area contributed by atoms with Crippen molar-refractivity contribution in [1.29, 1.82) is 0 Å². The van der Waals surface area contributed by atoms with Crippen LogP contribution in [0.2, 0.25) is 0 Å². The van der Waals surface area contributed by atoms with E-state index < -0.39 is 21.3 Å². The summed E-state index contributed by atoms with van der Waals surface area (Å²) in [5, 5.41) is 1.85. The number of sulfonamides is 1. The first-order valence-corrected chi connectivity index (χ1v) is 14.2. The molecule has 0 aromatic heterocycles. The molecule has 0 spiro atoms. The maximum atomic E-state index is 14.3. The summed E-state index contributed by atoms with van der Waals surface area (Å²) < 4.78 is 28.6. The average Bonchev–Trinajstić information content (AvgIpc) is 3.07. The van der Waals surface area contributed by atoms with Gasteiger partial charge in [-0.3, -0.25) is 4.79 Å². The van der Waals surface area contributed by atoms with Gasteiger partial charge in [-0.15, -0.1) is 0 Å². The molecule has 0 fully saturated rings. The molecule has 33 heavy (non-hydrogen) atoms. The number of fused-ring (bicyclic) bond motifs is 2. The molecule has 4 aromatic carbocycles. The zero-order valence-electron chi connectivity index (χ0n) is 17.6. The fourth-order valence-corrected chi connectivity index (χ4v) is 7.85. The summed E-state index contributed by atoms with van der Waals surface area (Å²) in [7, 11) is -4.12. The Bertz CT molecular complexity index is 1490. The average molecular weight is 679 g/mol. The fourth-order valence-electron chi connectivity index (χ4n) is 4.47. The SMILES string of the molecule is Cc1ccc(S(=O)(=O)N2C(=O)C(c3ccccc3)(C(I)I)c3cc4ccccc4cc32)cc1. The van der Waals surface area contributed by atoms with Crippen LogP contribution in [0.3, 0.4) is 0 Å². The summed E-state index contributed by atoms with van der Waals surface area (Å²) in [6.45, 7) is 1.90. The van der Waals surface area contributed by atoms with Crippen LogP contribution in [0.15, 0.2) is 95.9 Å². The highest BCUT2D eigenvalue weighted by molar-refractivity contribution is 14.2.